The van der Waals surface area contributed by atoms with Gasteiger partial charge in [0.25, 0.3) is 0 Å². The van der Waals surface area contributed by atoms with E-state index < -0.39 is 17.6 Å². The average molecular weight is 578 g/mol. The van der Waals surface area contributed by atoms with Gasteiger partial charge in [-0.3, -0.25) is 14.6 Å². The number of ketones is 1. The Morgan fingerprint density at radius 2 is 1.74 bits per heavy atom. The van der Waals surface area contributed by atoms with Gasteiger partial charge >= 0.3 is 0 Å². The Labute approximate surface area is 239 Å². The number of nitrogens with zero attached hydrogens (tertiary/aromatic N) is 1. The molecule has 0 bridgehead atoms. The van der Waals surface area contributed by atoms with Gasteiger partial charge in [-0.15, -0.1) is 12.4 Å². The lowest BCUT2D eigenvalue weighted by Gasteiger charge is -2.33. The van der Waals surface area contributed by atoms with Crippen LogP contribution in [0, 0.1) is 11.2 Å². The van der Waals surface area contributed by atoms with Crippen molar-refractivity contribution in [3.05, 3.63) is 52.9 Å². The first-order valence-electron chi connectivity index (χ1n) is 12.8. The third kappa shape index (κ3) is 6.80. The van der Waals surface area contributed by atoms with E-state index in [9.17, 15) is 19.1 Å². The van der Waals surface area contributed by atoms with Gasteiger partial charge in [-0.05, 0) is 73.4 Å². The summed E-state index contributed by atoms with van der Waals surface area (Å²) in [6.07, 6.45) is 4.75. The van der Waals surface area contributed by atoms with Gasteiger partial charge in [0.1, 0.15) is 0 Å². The van der Waals surface area contributed by atoms with Crippen molar-refractivity contribution < 1.29 is 19.1 Å². The first kappa shape index (κ1) is 30.6. The first-order valence-corrected chi connectivity index (χ1v) is 13.2. The van der Waals surface area contributed by atoms with Crippen molar-refractivity contribution in [3.8, 4) is 16.9 Å². The number of hydrogen-bond acceptors (Lipinski definition) is 6. The average Bonchev–Trinajstić information content (AvgIpc) is 2.86. The number of halogens is 3. The number of aromatic hydroxyl groups is 1. The van der Waals surface area contributed by atoms with Crippen molar-refractivity contribution in [1.29, 1.82) is 0 Å². The monoisotopic (exact) mass is 576 g/mol. The van der Waals surface area contributed by atoms with Gasteiger partial charge < -0.3 is 21.5 Å². The number of phenols is 1. The second kappa shape index (κ2) is 12.1. The van der Waals surface area contributed by atoms with Gasteiger partial charge in [-0.1, -0.05) is 38.4 Å². The van der Waals surface area contributed by atoms with Crippen molar-refractivity contribution in [2.45, 2.75) is 71.5 Å². The van der Waals surface area contributed by atoms with Crippen LogP contribution in [-0.4, -0.2) is 39.9 Å². The SMILES string of the molecule is CC(=O)c1cnc2ccc(-c3cc(F)c(O)c(Cl)c3)cc2c1N[C@H]1CC[C@H](NC(=O)[C@@H](N)C(C)(C)C)CC1.Cl. The maximum Gasteiger partial charge on any atom is 0.237 e. The molecular weight excluding hydrogens is 542 g/mol. The molecule has 1 fully saturated rings. The number of carbonyl (C=O) groups excluding carboxylic acids is 2. The highest BCUT2D eigenvalue weighted by molar-refractivity contribution is 6.32. The Morgan fingerprint density at radius 3 is 2.33 bits per heavy atom. The summed E-state index contributed by atoms with van der Waals surface area (Å²) in [5.74, 6) is -1.66. The Bertz CT molecular complexity index is 1360. The van der Waals surface area contributed by atoms with Crippen LogP contribution in [0.3, 0.4) is 0 Å². The quantitative estimate of drug-likeness (QED) is 0.258. The lowest BCUT2D eigenvalue weighted by Crippen LogP contribution is -2.52. The zero-order valence-electron chi connectivity index (χ0n) is 22.5. The third-order valence-corrected chi connectivity index (χ3v) is 7.52. The number of fused-ring (bicyclic) bond motifs is 1. The number of hydrogen-bond donors (Lipinski definition) is 4. The Hall–Kier alpha value is -2.94. The molecule has 1 aliphatic rings. The number of nitrogens with two attached hydrogens (primary N) is 1. The molecule has 1 amide bonds. The molecule has 1 heterocycles. The first-order chi connectivity index (χ1) is 17.8. The molecule has 5 N–H and O–H groups in total. The summed E-state index contributed by atoms with van der Waals surface area (Å²) in [5, 5.41) is 17.0. The number of amides is 1. The summed E-state index contributed by atoms with van der Waals surface area (Å²) >= 11 is 6.00. The van der Waals surface area contributed by atoms with Crippen molar-refractivity contribution >= 4 is 52.3 Å². The summed E-state index contributed by atoms with van der Waals surface area (Å²) in [6.45, 7) is 7.34. The fourth-order valence-corrected chi connectivity index (χ4v) is 5.01. The van der Waals surface area contributed by atoms with Crippen molar-refractivity contribution in [1.82, 2.24) is 10.3 Å². The Morgan fingerprint density at radius 1 is 1.10 bits per heavy atom. The fraction of sp³-hybridized carbons (Fsp3) is 0.414. The minimum Gasteiger partial charge on any atom is -0.504 e. The number of aromatic nitrogens is 1. The van der Waals surface area contributed by atoms with Crippen LogP contribution in [0.4, 0.5) is 10.1 Å². The van der Waals surface area contributed by atoms with E-state index in [-0.39, 0.29) is 46.6 Å². The standard InChI is InChI=1S/C29H34ClFN4O3.ClH/c1-15(36)21-14-33-24-10-5-16(17-12-22(30)26(37)23(31)13-17)11-20(24)25(21)34-18-6-8-19(9-7-18)35-28(38)27(32)29(2,3)4;/h5,10-14,18-19,27,37H,6-9,32H2,1-4H3,(H,33,34)(H,35,38);1H/t18-,19-,27-;/m1./s1. The van der Waals surface area contributed by atoms with Gasteiger partial charge in [0.05, 0.1) is 27.8 Å². The summed E-state index contributed by atoms with van der Waals surface area (Å²) in [7, 11) is 0. The number of Topliss-reactive ketones (excluding diaryl/α,β-unsaturated/α-hetero) is 1. The predicted molar refractivity (Wildman–Crippen MR) is 156 cm³/mol. The van der Waals surface area contributed by atoms with Crippen molar-refractivity contribution in [2.24, 2.45) is 11.1 Å². The number of phenolic OH excluding ortho intramolecular Hbond substituents is 1. The van der Waals surface area contributed by atoms with E-state index in [1.807, 2.05) is 32.9 Å². The third-order valence-electron chi connectivity index (χ3n) is 7.23. The van der Waals surface area contributed by atoms with Crippen LogP contribution in [0.1, 0.15) is 63.7 Å². The highest BCUT2D eigenvalue weighted by Crippen LogP contribution is 2.36. The van der Waals surface area contributed by atoms with Gasteiger partial charge in [-0.2, -0.15) is 0 Å². The van der Waals surface area contributed by atoms with Crippen LogP contribution in [0.25, 0.3) is 22.0 Å². The fourth-order valence-electron chi connectivity index (χ4n) is 4.80. The van der Waals surface area contributed by atoms with Gasteiger partial charge in [0, 0.05) is 23.7 Å². The second-order valence-corrected chi connectivity index (χ2v) is 11.6. The maximum atomic E-state index is 14.2. The zero-order chi connectivity index (χ0) is 27.8. The lowest BCUT2D eigenvalue weighted by atomic mass is 9.85. The van der Waals surface area contributed by atoms with Gasteiger partial charge in [0.2, 0.25) is 5.91 Å². The molecule has 0 spiro atoms. The molecule has 1 atom stereocenters. The highest BCUT2D eigenvalue weighted by atomic mass is 35.5. The number of rotatable bonds is 6. The van der Waals surface area contributed by atoms with Crippen LogP contribution in [0.5, 0.6) is 5.75 Å². The Kier molecular flexibility index (Phi) is 9.47. The van der Waals surface area contributed by atoms with E-state index in [2.05, 4.69) is 15.6 Å². The van der Waals surface area contributed by atoms with Gasteiger partial charge in [-0.25, -0.2) is 4.39 Å². The summed E-state index contributed by atoms with van der Waals surface area (Å²) in [5.41, 5.74) is 8.80. The molecule has 0 radical (unpaired) electrons. The minimum absolute atomic E-state index is 0. The second-order valence-electron chi connectivity index (χ2n) is 11.2. The minimum atomic E-state index is -0.811. The summed E-state index contributed by atoms with van der Waals surface area (Å²) < 4.78 is 14.2. The smallest absolute Gasteiger partial charge is 0.237 e. The molecule has 1 aliphatic carbocycles. The molecule has 2 aromatic carbocycles. The number of benzene rings is 2. The van der Waals surface area contributed by atoms with E-state index in [0.29, 0.717) is 27.9 Å². The molecule has 10 heteroatoms. The largest absolute Gasteiger partial charge is 0.504 e. The van der Waals surface area contributed by atoms with Crippen molar-refractivity contribution in [2.75, 3.05) is 5.32 Å². The number of nitrogens with one attached hydrogen (secondary N) is 2. The molecule has 1 saturated carbocycles. The summed E-state index contributed by atoms with van der Waals surface area (Å²) in [4.78, 5) is 29.5. The van der Waals surface area contributed by atoms with Crippen LogP contribution < -0.4 is 16.4 Å². The molecule has 0 unspecified atom stereocenters. The topological polar surface area (TPSA) is 117 Å². The zero-order valence-corrected chi connectivity index (χ0v) is 24.0. The van der Waals surface area contributed by atoms with E-state index in [4.69, 9.17) is 17.3 Å². The predicted octanol–water partition coefficient (Wildman–Crippen LogP) is 6.24. The number of carbonyl (C=O) groups is 2. The molecule has 210 valence electrons. The number of pyridine rings is 1. The van der Waals surface area contributed by atoms with Crippen molar-refractivity contribution in [3.63, 3.8) is 0 Å². The Balaban J connectivity index is 0.00000420. The molecule has 7 nitrogen and oxygen atoms in total. The summed E-state index contributed by atoms with van der Waals surface area (Å²) in [6, 6.07) is 7.73. The maximum absolute atomic E-state index is 14.2. The van der Waals surface area contributed by atoms with Gasteiger partial charge in [0.15, 0.2) is 17.3 Å². The van der Waals surface area contributed by atoms with E-state index >= 15 is 0 Å². The molecule has 0 aliphatic heterocycles. The molecule has 4 rings (SSSR count). The normalized spacial score (nSPS) is 18.2. The molecule has 3 aromatic rings. The molecule has 1 aromatic heterocycles. The van der Waals surface area contributed by atoms with E-state index in [1.165, 1.54) is 19.1 Å². The van der Waals surface area contributed by atoms with Crippen LogP contribution in [0.2, 0.25) is 5.02 Å². The van der Waals surface area contributed by atoms with Crippen LogP contribution in [-0.2, 0) is 4.79 Å². The van der Waals surface area contributed by atoms with E-state index in [0.717, 1.165) is 31.1 Å². The molecule has 0 saturated heterocycles. The van der Waals surface area contributed by atoms with E-state index in [1.54, 1.807) is 12.3 Å². The molecule has 39 heavy (non-hydrogen) atoms. The van der Waals surface area contributed by atoms with Crippen LogP contribution in [0.15, 0.2) is 36.5 Å². The molecular formula is C29H35Cl2FN4O3. The number of anilines is 1. The lowest BCUT2D eigenvalue weighted by molar-refractivity contribution is -0.125. The highest BCUT2D eigenvalue weighted by Gasteiger charge is 2.30. The van der Waals surface area contributed by atoms with Crippen LogP contribution >= 0.6 is 24.0 Å².